The van der Waals surface area contributed by atoms with E-state index in [2.05, 4.69) is 46.8 Å². The summed E-state index contributed by atoms with van der Waals surface area (Å²) in [6.45, 7) is 13.6. The van der Waals surface area contributed by atoms with Gasteiger partial charge in [0.1, 0.15) is 0 Å². The molecule has 0 N–H and O–H groups in total. The normalized spacial score (nSPS) is 21.0. The molecule has 0 bridgehead atoms. The summed E-state index contributed by atoms with van der Waals surface area (Å²) in [7, 11) is 0. The molecule has 0 amide bonds. The quantitative estimate of drug-likeness (QED) is 0.705. The molecule has 0 unspecified atom stereocenters. The number of rotatable bonds is 1. The predicted molar refractivity (Wildman–Crippen MR) is 89.1 cm³/mol. The molecule has 1 nitrogen and oxygen atoms in total. The third-order valence-electron chi connectivity index (χ3n) is 5.55. The molecular formula is C20H30O. The highest BCUT2D eigenvalue weighted by Gasteiger charge is 2.41. The van der Waals surface area contributed by atoms with Crippen LogP contribution in [0.5, 0.6) is 0 Å². The first-order valence-corrected chi connectivity index (χ1v) is 8.55. The molecule has 1 heteroatoms. The summed E-state index contributed by atoms with van der Waals surface area (Å²) in [5, 5.41) is 0. The molecule has 1 aromatic rings. The molecule has 1 aliphatic carbocycles. The molecule has 1 fully saturated rings. The van der Waals surface area contributed by atoms with Crippen molar-refractivity contribution in [2.75, 3.05) is 13.2 Å². The van der Waals surface area contributed by atoms with Crippen LogP contribution in [0.1, 0.15) is 75.6 Å². The van der Waals surface area contributed by atoms with Crippen molar-refractivity contribution in [3.8, 4) is 0 Å². The molecule has 0 saturated carbocycles. The van der Waals surface area contributed by atoms with Gasteiger partial charge in [-0.05, 0) is 64.7 Å². The van der Waals surface area contributed by atoms with Gasteiger partial charge in [-0.25, -0.2) is 0 Å². The van der Waals surface area contributed by atoms with Crippen molar-refractivity contribution in [3.63, 3.8) is 0 Å². The van der Waals surface area contributed by atoms with E-state index in [9.17, 15) is 0 Å². The van der Waals surface area contributed by atoms with E-state index < -0.39 is 0 Å². The van der Waals surface area contributed by atoms with Crippen LogP contribution in [-0.2, 0) is 23.0 Å². The lowest BCUT2D eigenvalue weighted by atomic mass is 9.76. The van der Waals surface area contributed by atoms with E-state index in [1.165, 1.54) is 25.7 Å². The van der Waals surface area contributed by atoms with Gasteiger partial charge < -0.3 is 4.74 Å². The smallest absolute Gasteiger partial charge is 0.0471 e. The molecule has 3 rings (SSSR count). The van der Waals surface area contributed by atoms with Crippen LogP contribution < -0.4 is 0 Å². The average molecular weight is 286 g/mol. The summed E-state index contributed by atoms with van der Waals surface area (Å²) in [6.07, 6.45) is 5.04. The summed E-state index contributed by atoms with van der Waals surface area (Å²) >= 11 is 0. The molecule has 1 aromatic carbocycles. The minimum atomic E-state index is 0.246. The standard InChI is InChI=1S/C20H30O/c1-14(2)15-6-7-18(19(3,4)5)17-13-20(12-16(15)17)8-10-21-11-9-20/h6-7,14H,8-13H2,1-5H3. The number of hydrogen-bond donors (Lipinski definition) is 0. The highest BCUT2D eigenvalue weighted by atomic mass is 16.5. The SMILES string of the molecule is CC(C)c1ccc(C(C)(C)C)c2c1CC1(CCOCC1)C2. The third kappa shape index (κ3) is 2.65. The van der Waals surface area contributed by atoms with E-state index in [-0.39, 0.29) is 5.41 Å². The van der Waals surface area contributed by atoms with Gasteiger partial charge in [0.15, 0.2) is 0 Å². The van der Waals surface area contributed by atoms with Crippen molar-refractivity contribution < 1.29 is 4.74 Å². The molecule has 1 aliphatic heterocycles. The molecule has 1 saturated heterocycles. The molecule has 0 atom stereocenters. The third-order valence-corrected chi connectivity index (χ3v) is 5.55. The Kier molecular flexibility index (Phi) is 3.68. The first-order chi connectivity index (χ1) is 9.82. The van der Waals surface area contributed by atoms with Gasteiger partial charge in [-0.2, -0.15) is 0 Å². The Morgan fingerprint density at radius 2 is 1.62 bits per heavy atom. The fraction of sp³-hybridized carbons (Fsp3) is 0.700. The molecule has 116 valence electrons. The van der Waals surface area contributed by atoms with Crippen LogP contribution in [0.2, 0.25) is 0 Å². The topological polar surface area (TPSA) is 9.23 Å². The van der Waals surface area contributed by atoms with Crippen LogP contribution in [0.4, 0.5) is 0 Å². The Morgan fingerprint density at radius 1 is 1.00 bits per heavy atom. The van der Waals surface area contributed by atoms with E-state index in [1.807, 2.05) is 0 Å². The van der Waals surface area contributed by atoms with Gasteiger partial charge in [-0.3, -0.25) is 0 Å². The second-order valence-electron chi connectivity index (χ2n) is 8.53. The monoisotopic (exact) mass is 286 g/mol. The Bertz CT molecular complexity index is 528. The van der Waals surface area contributed by atoms with Crippen molar-refractivity contribution in [2.24, 2.45) is 5.41 Å². The number of fused-ring (bicyclic) bond motifs is 1. The molecule has 1 heterocycles. The Labute approximate surface area is 130 Å². The summed E-state index contributed by atoms with van der Waals surface area (Å²) < 4.78 is 5.63. The minimum Gasteiger partial charge on any atom is -0.381 e. The van der Waals surface area contributed by atoms with Gasteiger partial charge in [-0.15, -0.1) is 0 Å². The van der Waals surface area contributed by atoms with E-state index in [4.69, 9.17) is 4.74 Å². The maximum atomic E-state index is 5.63. The zero-order valence-corrected chi connectivity index (χ0v) is 14.4. The summed E-state index contributed by atoms with van der Waals surface area (Å²) in [5.74, 6) is 0.628. The molecule has 1 spiro atoms. The van der Waals surface area contributed by atoms with Crippen LogP contribution in [0.3, 0.4) is 0 Å². The van der Waals surface area contributed by atoms with E-state index in [0.29, 0.717) is 11.3 Å². The van der Waals surface area contributed by atoms with Crippen LogP contribution in [0.25, 0.3) is 0 Å². The van der Waals surface area contributed by atoms with Crippen molar-refractivity contribution in [3.05, 3.63) is 34.4 Å². The number of benzene rings is 1. The van der Waals surface area contributed by atoms with Crippen molar-refractivity contribution in [1.82, 2.24) is 0 Å². The Balaban J connectivity index is 2.08. The van der Waals surface area contributed by atoms with Gasteiger partial charge >= 0.3 is 0 Å². The summed E-state index contributed by atoms with van der Waals surface area (Å²) in [5.41, 5.74) is 7.25. The van der Waals surface area contributed by atoms with Gasteiger partial charge in [0.25, 0.3) is 0 Å². The summed E-state index contributed by atoms with van der Waals surface area (Å²) in [4.78, 5) is 0. The maximum Gasteiger partial charge on any atom is 0.0471 e. The highest BCUT2D eigenvalue weighted by Crippen LogP contribution is 2.49. The first-order valence-electron chi connectivity index (χ1n) is 8.55. The number of hydrogen-bond acceptors (Lipinski definition) is 1. The van der Waals surface area contributed by atoms with Crippen LogP contribution in [0.15, 0.2) is 12.1 Å². The van der Waals surface area contributed by atoms with Crippen molar-refractivity contribution in [2.45, 2.75) is 71.6 Å². The van der Waals surface area contributed by atoms with Gasteiger partial charge in [0.2, 0.25) is 0 Å². The first kappa shape index (κ1) is 15.1. The molecule has 0 aromatic heterocycles. The lowest BCUT2D eigenvalue weighted by molar-refractivity contribution is 0.0197. The van der Waals surface area contributed by atoms with E-state index in [0.717, 1.165) is 13.2 Å². The molecule has 2 aliphatic rings. The van der Waals surface area contributed by atoms with Gasteiger partial charge in [-0.1, -0.05) is 46.8 Å². The molecule has 0 radical (unpaired) electrons. The zero-order valence-electron chi connectivity index (χ0n) is 14.4. The summed E-state index contributed by atoms with van der Waals surface area (Å²) in [6, 6.07) is 4.81. The van der Waals surface area contributed by atoms with Gasteiger partial charge in [0, 0.05) is 13.2 Å². The van der Waals surface area contributed by atoms with Crippen LogP contribution >= 0.6 is 0 Å². The fourth-order valence-electron chi connectivity index (χ4n) is 4.34. The second-order valence-corrected chi connectivity index (χ2v) is 8.53. The van der Waals surface area contributed by atoms with Crippen molar-refractivity contribution >= 4 is 0 Å². The Hall–Kier alpha value is -0.820. The zero-order chi connectivity index (χ0) is 15.3. The maximum absolute atomic E-state index is 5.63. The Morgan fingerprint density at radius 3 is 2.19 bits per heavy atom. The second kappa shape index (κ2) is 5.12. The van der Waals surface area contributed by atoms with E-state index >= 15 is 0 Å². The van der Waals surface area contributed by atoms with E-state index in [1.54, 1.807) is 22.3 Å². The lowest BCUT2D eigenvalue weighted by Gasteiger charge is -2.33. The predicted octanol–water partition coefficient (Wildman–Crippen LogP) is 5.00. The largest absolute Gasteiger partial charge is 0.381 e. The average Bonchev–Trinajstić information content (AvgIpc) is 2.74. The van der Waals surface area contributed by atoms with Gasteiger partial charge in [0.05, 0.1) is 0 Å². The highest BCUT2D eigenvalue weighted by molar-refractivity contribution is 5.49. The van der Waals surface area contributed by atoms with Crippen LogP contribution in [-0.4, -0.2) is 13.2 Å². The number of ether oxygens (including phenoxy) is 1. The fourth-order valence-corrected chi connectivity index (χ4v) is 4.34. The van der Waals surface area contributed by atoms with Crippen molar-refractivity contribution in [1.29, 1.82) is 0 Å². The lowest BCUT2D eigenvalue weighted by Crippen LogP contribution is -2.30. The molecular weight excluding hydrogens is 256 g/mol. The minimum absolute atomic E-state index is 0.246. The van der Waals surface area contributed by atoms with Crippen LogP contribution in [0, 0.1) is 5.41 Å². The molecule has 21 heavy (non-hydrogen) atoms.